The summed E-state index contributed by atoms with van der Waals surface area (Å²) in [6.45, 7) is 2.40. The molecule has 0 aromatic carbocycles. The Hall–Kier alpha value is -1.09. The molecule has 0 saturated heterocycles. The van der Waals surface area contributed by atoms with E-state index in [9.17, 15) is 4.79 Å². The van der Waals surface area contributed by atoms with Gasteiger partial charge >= 0.3 is 0 Å². The van der Waals surface area contributed by atoms with Crippen LogP contribution < -0.4 is 0 Å². The van der Waals surface area contributed by atoms with Gasteiger partial charge in [-0.3, -0.25) is 4.79 Å². The molecule has 1 aliphatic carbocycles. The number of nitrogens with zero attached hydrogens (tertiary/aromatic N) is 1. The molecule has 1 aliphatic rings. The van der Waals surface area contributed by atoms with Crippen LogP contribution in [0.5, 0.6) is 0 Å². The summed E-state index contributed by atoms with van der Waals surface area (Å²) in [5.41, 5.74) is 0. The Morgan fingerprint density at radius 2 is 2.06 bits per heavy atom. The maximum absolute atomic E-state index is 11.9. The lowest BCUT2D eigenvalue weighted by molar-refractivity contribution is -0.128. The maximum Gasteiger partial charge on any atom is 0.246 e. The lowest BCUT2D eigenvalue weighted by Crippen LogP contribution is -2.39. The van der Waals surface area contributed by atoms with Gasteiger partial charge in [0.15, 0.2) is 0 Å². The first kappa shape index (κ1) is 13.0. The molecule has 0 aromatic rings. The second-order valence-corrected chi connectivity index (χ2v) is 4.08. The molecule has 1 amide bonds. The molecule has 0 spiro atoms. The zero-order chi connectivity index (χ0) is 11.8. The van der Waals surface area contributed by atoms with Gasteiger partial charge < -0.3 is 10.0 Å². The van der Waals surface area contributed by atoms with Gasteiger partial charge in [0.1, 0.15) is 0 Å². The van der Waals surface area contributed by atoms with Gasteiger partial charge in [0.25, 0.3) is 0 Å². The van der Waals surface area contributed by atoms with Gasteiger partial charge in [0, 0.05) is 18.7 Å². The fourth-order valence-corrected chi connectivity index (χ4v) is 2.14. The number of aliphatic hydroxyl groups is 1. The van der Waals surface area contributed by atoms with Crippen molar-refractivity contribution in [3.63, 3.8) is 0 Å². The van der Waals surface area contributed by atoms with Gasteiger partial charge in [-0.15, -0.1) is 0 Å². The number of hydrogen-bond acceptors (Lipinski definition) is 2. The summed E-state index contributed by atoms with van der Waals surface area (Å²) >= 11 is 0. The molecule has 0 unspecified atom stereocenters. The highest BCUT2D eigenvalue weighted by molar-refractivity contribution is 5.88. The first-order valence-corrected chi connectivity index (χ1v) is 6.00. The molecule has 1 N–H and O–H groups in total. The molecule has 0 bridgehead atoms. The van der Waals surface area contributed by atoms with Crippen LogP contribution in [0.2, 0.25) is 0 Å². The number of carbonyl (C=O) groups is 1. The van der Waals surface area contributed by atoms with Crippen LogP contribution in [0, 0.1) is 0 Å². The Bertz CT molecular complexity index is 265. The normalized spacial score (nSPS) is 17.6. The van der Waals surface area contributed by atoms with E-state index in [0.29, 0.717) is 12.6 Å². The average Bonchev–Trinajstić information content (AvgIpc) is 2.79. The summed E-state index contributed by atoms with van der Waals surface area (Å²) in [7, 11) is 0. The minimum Gasteiger partial charge on any atom is -0.395 e. The van der Waals surface area contributed by atoms with Crippen LogP contribution in [0.25, 0.3) is 0 Å². The Kier molecular flexibility index (Phi) is 5.86. The smallest absolute Gasteiger partial charge is 0.246 e. The van der Waals surface area contributed by atoms with Gasteiger partial charge in [-0.25, -0.2) is 0 Å². The van der Waals surface area contributed by atoms with Crippen molar-refractivity contribution in [1.82, 2.24) is 4.90 Å². The predicted molar refractivity (Wildman–Crippen MR) is 65.0 cm³/mol. The molecule has 90 valence electrons. The van der Waals surface area contributed by atoms with Crippen molar-refractivity contribution in [3.05, 3.63) is 24.3 Å². The van der Waals surface area contributed by atoms with Crippen LogP contribution >= 0.6 is 0 Å². The van der Waals surface area contributed by atoms with E-state index in [1.54, 1.807) is 17.1 Å². The molecular weight excluding hydrogens is 202 g/mol. The van der Waals surface area contributed by atoms with Crippen LogP contribution in [0.15, 0.2) is 24.3 Å². The SMILES string of the molecule is CC=CC=CC(=O)N(CCO)C1CCCC1. The van der Waals surface area contributed by atoms with E-state index in [1.165, 1.54) is 12.8 Å². The molecule has 16 heavy (non-hydrogen) atoms. The van der Waals surface area contributed by atoms with Gasteiger partial charge in [-0.05, 0) is 19.8 Å². The highest BCUT2D eigenvalue weighted by Gasteiger charge is 2.24. The van der Waals surface area contributed by atoms with Crippen LogP contribution in [0.4, 0.5) is 0 Å². The number of rotatable bonds is 5. The number of allylic oxidation sites excluding steroid dienone is 3. The summed E-state index contributed by atoms with van der Waals surface area (Å²) in [6.07, 6.45) is 11.6. The highest BCUT2D eigenvalue weighted by Crippen LogP contribution is 2.23. The monoisotopic (exact) mass is 223 g/mol. The van der Waals surface area contributed by atoms with E-state index in [2.05, 4.69) is 0 Å². The maximum atomic E-state index is 11.9. The molecule has 1 rings (SSSR count). The summed E-state index contributed by atoms with van der Waals surface area (Å²) in [6, 6.07) is 0.329. The van der Waals surface area contributed by atoms with Gasteiger partial charge in [0.2, 0.25) is 5.91 Å². The molecule has 3 heteroatoms. The zero-order valence-corrected chi connectivity index (χ0v) is 9.93. The fraction of sp³-hybridized carbons (Fsp3) is 0.615. The molecule has 0 aliphatic heterocycles. The third kappa shape index (κ3) is 3.81. The van der Waals surface area contributed by atoms with Gasteiger partial charge in [-0.1, -0.05) is 31.1 Å². The van der Waals surface area contributed by atoms with Crippen molar-refractivity contribution in [2.45, 2.75) is 38.6 Å². The third-order valence-electron chi connectivity index (χ3n) is 2.93. The van der Waals surface area contributed by atoms with Gasteiger partial charge in [-0.2, -0.15) is 0 Å². The second-order valence-electron chi connectivity index (χ2n) is 4.08. The minimum absolute atomic E-state index is 0.0130. The fourth-order valence-electron chi connectivity index (χ4n) is 2.14. The van der Waals surface area contributed by atoms with Crippen LogP contribution in [0.1, 0.15) is 32.6 Å². The highest BCUT2D eigenvalue weighted by atomic mass is 16.3. The molecule has 1 saturated carbocycles. The van der Waals surface area contributed by atoms with E-state index in [-0.39, 0.29) is 12.5 Å². The van der Waals surface area contributed by atoms with Crippen molar-refractivity contribution in [2.24, 2.45) is 0 Å². The Balaban J connectivity index is 2.57. The predicted octanol–water partition coefficient (Wildman–Crippen LogP) is 1.88. The number of carbonyl (C=O) groups excluding carboxylic acids is 1. The van der Waals surface area contributed by atoms with Crippen molar-refractivity contribution in [3.8, 4) is 0 Å². The number of aliphatic hydroxyl groups excluding tert-OH is 1. The van der Waals surface area contributed by atoms with Crippen molar-refractivity contribution >= 4 is 5.91 Å². The van der Waals surface area contributed by atoms with Gasteiger partial charge in [0.05, 0.1) is 6.61 Å². The van der Waals surface area contributed by atoms with Crippen molar-refractivity contribution in [1.29, 1.82) is 0 Å². The van der Waals surface area contributed by atoms with Crippen molar-refractivity contribution < 1.29 is 9.90 Å². The molecular formula is C13H21NO2. The quantitative estimate of drug-likeness (QED) is 0.571. The number of amides is 1. The Morgan fingerprint density at radius 1 is 1.38 bits per heavy atom. The lowest BCUT2D eigenvalue weighted by atomic mass is 10.2. The van der Waals surface area contributed by atoms with Crippen molar-refractivity contribution in [2.75, 3.05) is 13.2 Å². The molecule has 0 heterocycles. The Morgan fingerprint density at radius 3 is 2.62 bits per heavy atom. The summed E-state index contributed by atoms with van der Waals surface area (Å²) in [4.78, 5) is 13.7. The number of hydrogen-bond donors (Lipinski definition) is 1. The molecule has 0 atom stereocenters. The minimum atomic E-state index is 0.0130. The van der Waals surface area contributed by atoms with E-state index in [4.69, 9.17) is 5.11 Å². The molecule has 1 fully saturated rings. The molecule has 0 radical (unpaired) electrons. The third-order valence-corrected chi connectivity index (χ3v) is 2.93. The van der Waals surface area contributed by atoms with E-state index in [0.717, 1.165) is 12.8 Å². The standard InChI is InChI=1S/C13H21NO2/c1-2-3-4-9-13(16)14(10-11-15)12-7-5-6-8-12/h2-4,9,12,15H,5-8,10-11H2,1H3. The average molecular weight is 223 g/mol. The first-order chi connectivity index (χ1) is 7.79. The Labute approximate surface area is 97.4 Å². The zero-order valence-electron chi connectivity index (χ0n) is 9.93. The van der Waals surface area contributed by atoms with Crippen LogP contribution in [0.3, 0.4) is 0 Å². The second kappa shape index (κ2) is 7.23. The first-order valence-electron chi connectivity index (χ1n) is 6.00. The summed E-state index contributed by atoms with van der Waals surface area (Å²) in [5.74, 6) is 0.0130. The van der Waals surface area contributed by atoms with Crippen LogP contribution in [-0.4, -0.2) is 35.1 Å². The molecule has 3 nitrogen and oxygen atoms in total. The van der Waals surface area contributed by atoms with E-state index >= 15 is 0 Å². The summed E-state index contributed by atoms with van der Waals surface area (Å²) in [5, 5.41) is 8.99. The van der Waals surface area contributed by atoms with E-state index in [1.807, 2.05) is 19.1 Å². The topological polar surface area (TPSA) is 40.5 Å². The summed E-state index contributed by atoms with van der Waals surface area (Å²) < 4.78 is 0. The van der Waals surface area contributed by atoms with Crippen LogP contribution in [-0.2, 0) is 4.79 Å². The lowest BCUT2D eigenvalue weighted by Gasteiger charge is -2.27. The molecule has 0 aromatic heterocycles. The van der Waals surface area contributed by atoms with E-state index < -0.39 is 0 Å². The largest absolute Gasteiger partial charge is 0.395 e.